The molecule has 0 spiro atoms. The molecular formula is C13H13N3O5. The fourth-order valence-electron chi connectivity index (χ4n) is 1.96. The zero-order chi connectivity index (χ0) is 15.6. The number of carbonyl (C=O) groups is 2. The number of hydrogen-bond acceptors (Lipinski definition) is 5. The van der Waals surface area contributed by atoms with Crippen LogP contribution in [0.5, 0.6) is 5.75 Å². The molecule has 1 aliphatic rings. The van der Waals surface area contributed by atoms with Crippen LogP contribution in [0.2, 0.25) is 0 Å². The monoisotopic (exact) mass is 291 g/mol. The smallest absolute Gasteiger partial charge is 0.328 e. The summed E-state index contributed by atoms with van der Waals surface area (Å²) in [6, 6.07) is 3.50. The Kier molecular flexibility index (Phi) is 3.88. The molecule has 1 aliphatic heterocycles. The average Bonchev–Trinajstić information content (AvgIpc) is 2.72. The van der Waals surface area contributed by atoms with E-state index in [1.54, 1.807) is 6.92 Å². The molecule has 0 aliphatic carbocycles. The Labute approximate surface area is 120 Å². The fourth-order valence-corrected chi connectivity index (χ4v) is 1.96. The largest absolute Gasteiger partial charge is 0.496 e. The molecule has 8 nitrogen and oxygen atoms in total. The summed E-state index contributed by atoms with van der Waals surface area (Å²) < 4.78 is 5.10. The maximum atomic E-state index is 12.0. The van der Waals surface area contributed by atoms with E-state index in [2.05, 4.69) is 5.32 Å². The summed E-state index contributed by atoms with van der Waals surface area (Å²) in [7, 11) is 1.41. The SMILES string of the molecule is CCN1C(=O)N/C(=C/c2cc([N+](=O)[O-])ccc2OC)C1=O. The summed E-state index contributed by atoms with van der Waals surface area (Å²) in [6.07, 6.45) is 1.36. The van der Waals surface area contributed by atoms with Crippen molar-refractivity contribution in [3.05, 3.63) is 39.6 Å². The average molecular weight is 291 g/mol. The van der Waals surface area contributed by atoms with E-state index in [0.717, 1.165) is 4.90 Å². The van der Waals surface area contributed by atoms with Gasteiger partial charge in [-0.15, -0.1) is 0 Å². The molecule has 0 bridgehead atoms. The summed E-state index contributed by atoms with van der Waals surface area (Å²) in [5.41, 5.74) is 0.265. The molecular weight excluding hydrogens is 278 g/mol. The van der Waals surface area contributed by atoms with Crippen molar-refractivity contribution >= 4 is 23.7 Å². The Morgan fingerprint density at radius 1 is 1.43 bits per heavy atom. The van der Waals surface area contributed by atoms with Crippen molar-refractivity contribution in [2.45, 2.75) is 6.92 Å². The molecule has 1 N–H and O–H groups in total. The quantitative estimate of drug-likeness (QED) is 0.392. The first-order valence-corrected chi connectivity index (χ1v) is 6.15. The predicted molar refractivity (Wildman–Crippen MR) is 73.5 cm³/mol. The van der Waals surface area contributed by atoms with E-state index < -0.39 is 16.9 Å². The normalized spacial score (nSPS) is 16.3. The molecule has 1 aromatic carbocycles. The molecule has 0 unspecified atom stereocenters. The minimum absolute atomic E-state index is 0.0562. The van der Waals surface area contributed by atoms with Crippen LogP contribution < -0.4 is 10.1 Å². The van der Waals surface area contributed by atoms with Crippen LogP contribution >= 0.6 is 0 Å². The van der Waals surface area contributed by atoms with Gasteiger partial charge in [0.25, 0.3) is 11.6 Å². The van der Waals surface area contributed by atoms with E-state index >= 15 is 0 Å². The van der Waals surface area contributed by atoms with Crippen molar-refractivity contribution in [1.82, 2.24) is 10.2 Å². The van der Waals surface area contributed by atoms with Crippen molar-refractivity contribution in [2.75, 3.05) is 13.7 Å². The summed E-state index contributed by atoms with van der Waals surface area (Å²) in [5.74, 6) is -0.110. The van der Waals surface area contributed by atoms with Crippen molar-refractivity contribution in [3.8, 4) is 5.75 Å². The van der Waals surface area contributed by atoms with E-state index in [0.29, 0.717) is 11.3 Å². The molecule has 110 valence electrons. The number of non-ortho nitro benzene ring substituents is 1. The lowest BCUT2D eigenvalue weighted by Crippen LogP contribution is -2.30. The number of benzene rings is 1. The van der Waals surface area contributed by atoms with Crippen LogP contribution in [-0.4, -0.2) is 35.4 Å². The topological polar surface area (TPSA) is 102 Å². The van der Waals surface area contributed by atoms with Gasteiger partial charge in [-0.25, -0.2) is 4.79 Å². The van der Waals surface area contributed by atoms with Gasteiger partial charge in [0.15, 0.2) is 0 Å². The Hall–Kier alpha value is -2.90. The second-order valence-corrected chi connectivity index (χ2v) is 4.22. The van der Waals surface area contributed by atoms with Gasteiger partial charge in [0.1, 0.15) is 11.4 Å². The van der Waals surface area contributed by atoms with Crippen molar-refractivity contribution in [1.29, 1.82) is 0 Å². The van der Waals surface area contributed by atoms with E-state index in [-0.39, 0.29) is 17.9 Å². The number of nitro benzene ring substituents is 1. The van der Waals surface area contributed by atoms with Crippen LogP contribution in [0.25, 0.3) is 6.08 Å². The lowest BCUT2D eigenvalue weighted by atomic mass is 10.1. The van der Waals surface area contributed by atoms with E-state index in [4.69, 9.17) is 4.74 Å². The second-order valence-electron chi connectivity index (χ2n) is 4.22. The van der Waals surface area contributed by atoms with Gasteiger partial charge in [-0.2, -0.15) is 0 Å². The zero-order valence-corrected chi connectivity index (χ0v) is 11.5. The highest BCUT2D eigenvalue weighted by atomic mass is 16.6. The van der Waals surface area contributed by atoms with Gasteiger partial charge < -0.3 is 10.1 Å². The molecule has 1 heterocycles. The number of hydrogen-bond donors (Lipinski definition) is 1. The number of likely N-dealkylation sites (N-methyl/N-ethyl adjacent to an activating group) is 1. The van der Waals surface area contributed by atoms with Crippen molar-refractivity contribution in [3.63, 3.8) is 0 Å². The Bertz CT molecular complexity index is 653. The summed E-state index contributed by atoms with van der Waals surface area (Å²) in [4.78, 5) is 34.8. The molecule has 2 rings (SSSR count). The molecule has 0 radical (unpaired) electrons. The molecule has 21 heavy (non-hydrogen) atoms. The number of nitro groups is 1. The first-order chi connectivity index (χ1) is 9.97. The van der Waals surface area contributed by atoms with Gasteiger partial charge in [-0.3, -0.25) is 19.8 Å². The number of rotatable bonds is 4. The van der Waals surface area contributed by atoms with Crippen LogP contribution in [0.3, 0.4) is 0 Å². The Morgan fingerprint density at radius 2 is 2.14 bits per heavy atom. The van der Waals surface area contributed by atoms with Gasteiger partial charge in [0, 0.05) is 24.2 Å². The van der Waals surface area contributed by atoms with Gasteiger partial charge >= 0.3 is 6.03 Å². The number of imide groups is 1. The number of urea groups is 1. The van der Waals surface area contributed by atoms with Gasteiger partial charge in [-0.05, 0) is 19.1 Å². The predicted octanol–water partition coefficient (Wildman–Crippen LogP) is 1.52. The lowest BCUT2D eigenvalue weighted by Gasteiger charge is -2.06. The molecule has 8 heteroatoms. The number of ether oxygens (including phenoxy) is 1. The van der Waals surface area contributed by atoms with Crippen LogP contribution in [-0.2, 0) is 4.79 Å². The minimum atomic E-state index is -0.547. The fraction of sp³-hybridized carbons (Fsp3) is 0.231. The van der Waals surface area contributed by atoms with Crippen LogP contribution in [0.4, 0.5) is 10.5 Å². The maximum absolute atomic E-state index is 12.0. The van der Waals surface area contributed by atoms with Crippen molar-refractivity contribution in [2.24, 2.45) is 0 Å². The van der Waals surface area contributed by atoms with Gasteiger partial charge in [0.2, 0.25) is 0 Å². The van der Waals surface area contributed by atoms with E-state index in [9.17, 15) is 19.7 Å². The molecule has 3 amide bonds. The zero-order valence-electron chi connectivity index (χ0n) is 11.5. The Balaban J connectivity index is 2.45. The summed E-state index contributed by atoms with van der Waals surface area (Å²) in [5, 5.41) is 13.2. The third-order valence-electron chi connectivity index (χ3n) is 3.00. The van der Waals surface area contributed by atoms with Crippen LogP contribution in [0, 0.1) is 10.1 Å². The highest BCUT2D eigenvalue weighted by Gasteiger charge is 2.32. The summed E-state index contributed by atoms with van der Waals surface area (Å²) in [6.45, 7) is 1.92. The highest BCUT2D eigenvalue weighted by Crippen LogP contribution is 2.26. The number of amides is 3. The molecule has 1 aromatic rings. The number of nitrogens with one attached hydrogen (secondary N) is 1. The number of nitrogens with zero attached hydrogens (tertiary/aromatic N) is 2. The van der Waals surface area contributed by atoms with Gasteiger partial charge in [0.05, 0.1) is 12.0 Å². The minimum Gasteiger partial charge on any atom is -0.496 e. The van der Waals surface area contributed by atoms with Crippen molar-refractivity contribution < 1.29 is 19.2 Å². The highest BCUT2D eigenvalue weighted by molar-refractivity contribution is 6.14. The second kappa shape index (κ2) is 5.61. The molecule has 0 saturated carbocycles. The molecule has 1 saturated heterocycles. The third kappa shape index (κ3) is 2.69. The third-order valence-corrected chi connectivity index (χ3v) is 3.00. The molecule has 0 atom stereocenters. The first kappa shape index (κ1) is 14.5. The van der Waals surface area contributed by atoms with Gasteiger partial charge in [-0.1, -0.05) is 0 Å². The number of methoxy groups -OCH3 is 1. The molecule has 1 fully saturated rings. The van der Waals surface area contributed by atoms with Crippen LogP contribution in [0.15, 0.2) is 23.9 Å². The van der Waals surface area contributed by atoms with Crippen LogP contribution in [0.1, 0.15) is 12.5 Å². The lowest BCUT2D eigenvalue weighted by molar-refractivity contribution is -0.384. The van der Waals surface area contributed by atoms with E-state index in [1.807, 2.05) is 0 Å². The number of carbonyl (C=O) groups excluding carboxylic acids is 2. The maximum Gasteiger partial charge on any atom is 0.328 e. The summed E-state index contributed by atoms with van der Waals surface area (Å²) >= 11 is 0. The molecule has 0 aromatic heterocycles. The Morgan fingerprint density at radius 3 is 2.67 bits per heavy atom. The van der Waals surface area contributed by atoms with E-state index in [1.165, 1.54) is 31.4 Å². The first-order valence-electron chi connectivity index (χ1n) is 6.15. The standard InChI is InChI=1S/C13H13N3O5/c1-3-15-12(17)10(14-13(15)18)7-8-6-9(16(19)20)4-5-11(8)21-2/h4-7H,3H2,1-2H3,(H,14,18)/b10-7+.